The molecule has 0 aromatic carbocycles. The molecule has 0 amide bonds. The third-order valence-electron chi connectivity index (χ3n) is 2.93. The Morgan fingerprint density at radius 2 is 2.31 bits per heavy atom. The second-order valence-electron chi connectivity index (χ2n) is 4.29. The highest BCUT2D eigenvalue weighted by Crippen LogP contribution is 2.17. The van der Waals surface area contributed by atoms with Crippen molar-refractivity contribution in [1.29, 1.82) is 0 Å². The molecule has 1 aliphatic rings. The van der Waals surface area contributed by atoms with Crippen LogP contribution in [0, 0.1) is 5.92 Å². The summed E-state index contributed by atoms with van der Waals surface area (Å²) in [7, 11) is 0. The lowest BCUT2D eigenvalue weighted by atomic mass is 9.94. The topological polar surface area (TPSA) is 45.1 Å². The van der Waals surface area contributed by atoms with Crippen LogP contribution < -0.4 is 5.32 Å². The Kier molecular flexibility index (Phi) is 3.94. The van der Waals surface area contributed by atoms with Crippen LogP contribution in [0.5, 0.6) is 5.75 Å². The molecule has 1 heterocycles. The van der Waals surface area contributed by atoms with Crippen LogP contribution in [-0.2, 0) is 6.54 Å². The van der Waals surface area contributed by atoms with E-state index in [0.29, 0.717) is 0 Å². The molecule has 16 heavy (non-hydrogen) atoms. The van der Waals surface area contributed by atoms with E-state index < -0.39 is 0 Å². The first-order valence-corrected chi connectivity index (χ1v) is 5.84. The zero-order valence-corrected chi connectivity index (χ0v) is 9.39. The van der Waals surface area contributed by atoms with Crippen molar-refractivity contribution >= 4 is 0 Å². The molecule has 1 aliphatic carbocycles. The number of allylic oxidation sites excluding steroid dienone is 2. The first-order valence-electron chi connectivity index (χ1n) is 5.84. The molecule has 0 fully saturated rings. The molecule has 0 aliphatic heterocycles. The van der Waals surface area contributed by atoms with Crippen molar-refractivity contribution in [3.63, 3.8) is 0 Å². The van der Waals surface area contributed by atoms with Crippen LogP contribution in [0.1, 0.15) is 25.0 Å². The van der Waals surface area contributed by atoms with Crippen molar-refractivity contribution < 1.29 is 5.11 Å². The number of nitrogens with one attached hydrogen (secondary N) is 1. The van der Waals surface area contributed by atoms with Crippen molar-refractivity contribution in [2.24, 2.45) is 5.92 Å². The summed E-state index contributed by atoms with van der Waals surface area (Å²) in [5, 5.41) is 12.5. The Bertz CT molecular complexity index is 345. The highest BCUT2D eigenvalue weighted by Gasteiger charge is 2.08. The van der Waals surface area contributed by atoms with Gasteiger partial charge in [0.15, 0.2) is 0 Å². The first-order chi connectivity index (χ1) is 7.84. The van der Waals surface area contributed by atoms with Crippen LogP contribution in [-0.4, -0.2) is 16.6 Å². The van der Waals surface area contributed by atoms with Gasteiger partial charge in [-0.05, 0) is 43.9 Å². The molecule has 2 N–H and O–H groups in total. The normalized spacial score (nSPS) is 19.9. The van der Waals surface area contributed by atoms with Gasteiger partial charge in [-0.1, -0.05) is 12.2 Å². The van der Waals surface area contributed by atoms with Crippen molar-refractivity contribution in [3.05, 3.63) is 36.2 Å². The summed E-state index contributed by atoms with van der Waals surface area (Å²) in [5.74, 6) is 0.989. The van der Waals surface area contributed by atoms with Crippen molar-refractivity contribution in [2.45, 2.75) is 25.8 Å². The predicted octanol–water partition coefficient (Wildman–Crippen LogP) is 2.23. The number of aromatic hydroxyl groups is 1. The van der Waals surface area contributed by atoms with Crippen LogP contribution in [0.25, 0.3) is 0 Å². The van der Waals surface area contributed by atoms with Crippen LogP contribution in [0.4, 0.5) is 0 Å². The van der Waals surface area contributed by atoms with Gasteiger partial charge in [-0.2, -0.15) is 0 Å². The monoisotopic (exact) mass is 218 g/mol. The molecule has 1 aromatic heterocycles. The molecule has 1 unspecified atom stereocenters. The van der Waals surface area contributed by atoms with E-state index in [-0.39, 0.29) is 5.75 Å². The molecule has 0 spiro atoms. The van der Waals surface area contributed by atoms with Gasteiger partial charge >= 0.3 is 0 Å². The zero-order chi connectivity index (χ0) is 11.2. The minimum atomic E-state index is 0.223. The minimum Gasteiger partial charge on any atom is -0.506 e. The lowest BCUT2D eigenvalue weighted by molar-refractivity contribution is 0.438. The van der Waals surface area contributed by atoms with Crippen LogP contribution in [0.3, 0.4) is 0 Å². The second-order valence-corrected chi connectivity index (χ2v) is 4.29. The molecule has 0 radical (unpaired) electrons. The van der Waals surface area contributed by atoms with E-state index in [2.05, 4.69) is 22.5 Å². The Morgan fingerprint density at radius 3 is 3.00 bits per heavy atom. The molecule has 86 valence electrons. The molecule has 3 nitrogen and oxygen atoms in total. The zero-order valence-electron chi connectivity index (χ0n) is 9.39. The summed E-state index contributed by atoms with van der Waals surface area (Å²) in [6.45, 7) is 1.83. The molecule has 1 atom stereocenters. The van der Waals surface area contributed by atoms with Gasteiger partial charge in [0.2, 0.25) is 0 Å². The lowest BCUT2D eigenvalue weighted by Crippen LogP contribution is -2.23. The standard InChI is InChI=1S/C13H18N2O/c16-13-7-6-12(15-10-13)9-14-8-11-4-2-1-3-5-11/h1-2,6-7,10-11,14,16H,3-5,8-9H2. The quantitative estimate of drug-likeness (QED) is 0.762. The molecular formula is C13H18N2O. The van der Waals surface area contributed by atoms with E-state index in [9.17, 15) is 0 Å². The Balaban J connectivity index is 1.71. The fraction of sp³-hybridized carbons (Fsp3) is 0.462. The van der Waals surface area contributed by atoms with Crippen LogP contribution >= 0.6 is 0 Å². The number of rotatable bonds is 4. The van der Waals surface area contributed by atoms with E-state index in [0.717, 1.165) is 24.7 Å². The third-order valence-corrected chi connectivity index (χ3v) is 2.93. The van der Waals surface area contributed by atoms with Gasteiger partial charge in [0.05, 0.1) is 11.9 Å². The van der Waals surface area contributed by atoms with Crippen LogP contribution in [0.15, 0.2) is 30.5 Å². The van der Waals surface area contributed by atoms with Gasteiger partial charge in [0.1, 0.15) is 5.75 Å². The van der Waals surface area contributed by atoms with Gasteiger partial charge in [-0.15, -0.1) is 0 Å². The first kappa shape index (κ1) is 11.1. The predicted molar refractivity (Wildman–Crippen MR) is 64.1 cm³/mol. The largest absolute Gasteiger partial charge is 0.506 e. The summed E-state index contributed by atoms with van der Waals surface area (Å²) in [6.07, 6.45) is 9.71. The van der Waals surface area contributed by atoms with Gasteiger partial charge < -0.3 is 10.4 Å². The van der Waals surface area contributed by atoms with Gasteiger partial charge in [-0.25, -0.2) is 0 Å². The Labute approximate surface area is 96.2 Å². The van der Waals surface area contributed by atoms with Crippen molar-refractivity contribution in [3.8, 4) is 5.75 Å². The van der Waals surface area contributed by atoms with Crippen LogP contribution in [0.2, 0.25) is 0 Å². The summed E-state index contributed by atoms with van der Waals surface area (Å²) in [4.78, 5) is 4.13. The lowest BCUT2D eigenvalue weighted by Gasteiger charge is -2.17. The van der Waals surface area contributed by atoms with Gasteiger partial charge in [0.25, 0.3) is 0 Å². The molecular weight excluding hydrogens is 200 g/mol. The van der Waals surface area contributed by atoms with E-state index in [1.54, 1.807) is 6.07 Å². The SMILES string of the molecule is Oc1ccc(CNCC2CC=CCC2)nc1. The molecule has 3 heteroatoms. The van der Waals surface area contributed by atoms with E-state index in [4.69, 9.17) is 5.11 Å². The number of pyridine rings is 1. The highest BCUT2D eigenvalue weighted by atomic mass is 16.3. The molecule has 0 saturated heterocycles. The van der Waals surface area contributed by atoms with E-state index in [1.165, 1.54) is 25.5 Å². The maximum absolute atomic E-state index is 9.10. The fourth-order valence-electron chi connectivity index (χ4n) is 1.97. The summed E-state index contributed by atoms with van der Waals surface area (Å²) >= 11 is 0. The summed E-state index contributed by atoms with van der Waals surface area (Å²) in [5.41, 5.74) is 0.976. The molecule has 2 rings (SSSR count). The average Bonchev–Trinajstić information content (AvgIpc) is 2.33. The smallest absolute Gasteiger partial charge is 0.133 e. The fourth-order valence-corrected chi connectivity index (χ4v) is 1.97. The van der Waals surface area contributed by atoms with Crippen molar-refractivity contribution in [2.75, 3.05) is 6.54 Å². The van der Waals surface area contributed by atoms with E-state index in [1.807, 2.05) is 6.07 Å². The van der Waals surface area contributed by atoms with Gasteiger partial charge in [-0.3, -0.25) is 4.98 Å². The molecule has 0 bridgehead atoms. The van der Waals surface area contributed by atoms with Gasteiger partial charge in [0, 0.05) is 6.54 Å². The number of hydrogen-bond acceptors (Lipinski definition) is 3. The maximum atomic E-state index is 9.10. The Hall–Kier alpha value is -1.35. The number of nitrogens with zero attached hydrogens (tertiary/aromatic N) is 1. The number of hydrogen-bond donors (Lipinski definition) is 2. The Morgan fingerprint density at radius 1 is 1.38 bits per heavy atom. The molecule has 1 aromatic rings. The number of aromatic nitrogens is 1. The minimum absolute atomic E-state index is 0.223. The van der Waals surface area contributed by atoms with Crippen molar-refractivity contribution in [1.82, 2.24) is 10.3 Å². The second kappa shape index (κ2) is 5.66. The third kappa shape index (κ3) is 3.35. The maximum Gasteiger partial charge on any atom is 0.133 e. The highest BCUT2D eigenvalue weighted by molar-refractivity contribution is 5.17. The average molecular weight is 218 g/mol. The van der Waals surface area contributed by atoms with E-state index >= 15 is 0 Å². The summed E-state index contributed by atoms with van der Waals surface area (Å²) < 4.78 is 0. The summed E-state index contributed by atoms with van der Waals surface area (Å²) in [6, 6.07) is 3.52. The molecule has 0 saturated carbocycles.